The van der Waals surface area contributed by atoms with Gasteiger partial charge < -0.3 is 10.2 Å². The Morgan fingerprint density at radius 3 is 2.62 bits per heavy atom. The van der Waals surface area contributed by atoms with E-state index in [0.29, 0.717) is 0 Å². The van der Waals surface area contributed by atoms with Gasteiger partial charge in [0.15, 0.2) is 0 Å². The number of rotatable bonds is 3. The zero-order valence-corrected chi connectivity index (χ0v) is 10.4. The molecule has 2 heteroatoms. The molecule has 0 bridgehead atoms. The standard InChI is InChI=1S/C14H22N2/c1-3-13-6-4-5-11-16(13)14-9-7-12(15-2)8-10-14/h7-10,13,15H,3-6,11H2,1-2H3. The predicted molar refractivity (Wildman–Crippen MR) is 71.3 cm³/mol. The van der Waals surface area contributed by atoms with Crippen molar-refractivity contribution in [1.82, 2.24) is 0 Å². The van der Waals surface area contributed by atoms with Gasteiger partial charge in [0.1, 0.15) is 0 Å². The fraction of sp³-hybridized carbons (Fsp3) is 0.571. The SMILES string of the molecule is CCC1CCCCN1c1ccc(NC)cc1. The van der Waals surface area contributed by atoms with Crippen molar-refractivity contribution in [3.8, 4) is 0 Å². The van der Waals surface area contributed by atoms with Gasteiger partial charge in [0.2, 0.25) is 0 Å². The average molecular weight is 218 g/mol. The largest absolute Gasteiger partial charge is 0.388 e. The smallest absolute Gasteiger partial charge is 0.0370 e. The zero-order valence-electron chi connectivity index (χ0n) is 10.4. The third kappa shape index (κ3) is 2.31. The van der Waals surface area contributed by atoms with Gasteiger partial charge in [0, 0.05) is 31.0 Å². The molecule has 1 aromatic rings. The molecule has 1 heterocycles. The molecule has 1 N–H and O–H groups in total. The van der Waals surface area contributed by atoms with Crippen molar-refractivity contribution >= 4 is 11.4 Å². The molecule has 0 spiro atoms. The topological polar surface area (TPSA) is 15.3 Å². The number of hydrogen-bond donors (Lipinski definition) is 1. The van der Waals surface area contributed by atoms with Crippen LogP contribution in [0.3, 0.4) is 0 Å². The van der Waals surface area contributed by atoms with Gasteiger partial charge in [-0.1, -0.05) is 6.92 Å². The van der Waals surface area contributed by atoms with Crippen LogP contribution in [0, 0.1) is 0 Å². The quantitative estimate of drug-likeness (QED) is 0.835. The van der Waals surface area contributed by atoms with Crippen LogP contribution in [0.5, 0.6) is 0 Å². The van der Waals surface area contributed by atoms with Crippen molar-refractivity contribution in [1.29, 1.82) is 0 Å². The van der Waals surface area contributed by atoms with E-state index < -0.39 is 0 Å². The van der Waals surface area contributed by atoms with Gasteiger partial charge in [-0.05, 0) is 49.9 Å². The van der Waals surface area contributed by atoms with Crippen molar-refractivity contribution in [2.75, 3.05) is 23.8 Å². The van der Waals surface area contributed by atoms with Crippen LogP contribution in [0.25, 0.3) is 0 Å². The van der Waals surface area contributed by atoms with Crippen molar-refractivity contribution < 1.29 is 0 Å². The summed E-state index contributed by atoms with van der Waals surface area (Å²) in [6.45, 7) is 3.52. The molecule has 1 unspecified atom stereocenters. The van der Waals surface area contributed by atoms with Crippen molar-refractivity contribution in [2.24, 2.45) is 0 Å². The maximum atomic E-state index is 3.16. The maximum Gasteiger partial charge on any atom is 0.0370 e. The summed E-state index contributed by atoms with van der Waals surface area (Å²) in [7, 11) is 1.96. The van der Waals surface area contributed by atoms with Gasteiger partial charge in [0.25, 0.3) is 0 Å². The van der Waals surface area contributed by atoms with Crippen LogP contribution in [-0.2, 0) is 0 Å². The molecular formula is C14H22N2. The van der Waals surface area contributed by atoms with E-state index in [0.717, 1.165) is 6.04 Å². The fourth-order valence-electron chi connectivity index (χ4n) is 2.58. The minimum atomic E-state index is 0.745. The molecule has 0 aromatic heterocycles. The molecule has 0 amide bonds. The lowest BCUT2D eigenvalue weighted by Crippen LogP contribution is -2.39. The third-order valence-corrected chi connectivity index (χ3v) is 3.59. The summed E-state index contributed by atoms with van der Waals surface area (Å²) in [6.07, 6.45) is 5.34. The Bertz CT molecular complexity index is 318. The first-order valence-corrected chi connectivity index (χ1v) is 6.39. The number of benzene rings is 1. The molecule has 0 aliphatic carbocycles. The normalized spacial score (nSPS) is 20.9. The summed E-state index contributed by atoms with van der Waals surface area (Å²) in [5.41, 5.74) is 2.57. The fourth-order valence-corrected chi connectivity index (χ4v) is 2.58. The molecule has 16 heavy (non-hydrogen) atoms. The molecule has 1 aliphatic rings. The van der Waals surface area contributed by atoms with Crippen molar-refractivity contribution in [2.45, 2.75) is 38.6 Å². The summed E-state index contributed by atoms with van der Waals surface area (Å²) in [6, 6.07) is 9.54. The van der Waals surface area contributed by atoms with Gasteiger partial charge in [-0.2, -0.15) is 0 Å². The lowest BCUT2D eigenvalue weighted by molar-refractivity contribution is 0.450. The zero-order chi connectivity index (χ0) is 11.4. The average Bonchev–Trinajstić information content (AvgIpc) is 2.39. The molecule has 0 radical (unpaired) electrons. The Morgan fingerprint density at radius 1 is 1.25 bits per heavy atom. The first-order chi connectivity index (χ1) is 7.85. The molecule has 88 valence electrons. The summed E-state index contributed by atoms with van der Waals surface area (Å²) < 4.78 is 0. The highest BCUT2D eigenvalue weighted by molar-refractivity contribution is 5.55. The van der Waals surface area contributed by atoms with Crippen molar-refractivity contribution in [3.05, 3.63) is 24.3 Å². The second-order valence-electron chi connectivity index (χ2n) is 4.55. The van der Waals surface area contributed by atoms with E-state index in [1.165, 1.54) is 43.6 Å². The Kier molecular flexibility index (Phi) is 3.70. The number of nitrogens with one attached hydrogen (secondary N) is 1. The van der Waals surface area contributed by atoms with E-state index in [1.807, 2.05) is 7.05 Å². The van der Waals surface area contributed by atoms with Gasteiger partial charge in [-0.15, -0.1) is 0 Å². The molecule has 1 fully saturated rings. The molecule has 1 aromatic carbocycles. The highest BCUT2D eigenvalue weighted by Crippen LogP contribution is 2.27. The number of nitrogens with zero attached hydrogens (tertiary/aromatic N) is 1. The first-order valence-electron chi connectivity index (χ1n) is 6.39. The lowest BCUT2D eigenvalue weighted by atomic mass is 9.99. The van der Waals surface area contributed by atoms with Crippen LogP contribution in [0.1, 0.15) is 32.6 Å². The Balaban J connectivity index is 2.14. The second-order valence-corrected chi connectivity index (χ2v) is 4.55. The van der Waals surface area contributed by atoms with Gasteiger partial charge in [-0.3, -0.25) is 0 Å². The molecule has 0 saturated carbocycles. The van der Waals surface area contributed by atoms with E-state index in [9.17, 15) is 0 Å². The maximum absolute atomic E-state index is 3.16. The van der Waals surface area contributed by atoms with Crippen molar-refractivity contribution in [3.63, 3.8) is 0 Å². The summed E-state index contributed by atoms with van der Waals surface area (Å²) in [5, 5.41) is 3.16. The molecule has 1 atom stereocenters. The minimum Gasteiger partial charge on any atom is -0.388 e. The van der Waals surface area contributed by atoms with Gasteiger partial charge >= 0.3 is 0 Å². The predicted octanol–water partition coefficient (Wildman–Crippen LogP) is 3.50. The van der Waals surface area contributed by atoms with Crippen LogP contribution < -0.4 is 10.2 Å². The van der Waals surface area contributed by atoms with Crippen LogP contribution in [0.2, 0.25) is 0 Å². The van der Waals surface area contributed by atoms with Crippen LogP contribution in [0.15, 0.2) is 24.3 Å². The third-order valence-electron chi connectivity index (χ3n) is 3.59. The highest BCUT2D eigenvalue weighted by atomic mass is 15.2. The molecule has 2 nitrogen and oxygen atoms in total. The highest BCUT2D eigenvalue weighted by Gasteiger charge is 2.20. The van der Waals surface area contributed by atoms with Crippen LogP contribution in [0.4, 0.5) is 11.4 Å². The van der Waals surface area contributed by atoms with Gasteiger partial charge in [-0.25, -0.2) is 0 Å². The lowest BCUT2D eigenvalue weighted by Gasteiger charge is -2.37. The van der Waals surface area contributed by atoms with E-state index in [-0.39, 0.29) is 0 Å². The molecule has 2 rings (SSSR count). The first kappa shape index (κ1) is 11.3. The summed E-state index contributed by atoms with van der Waals surface area (Å²) in [4.78, 5) is 2.57. The Morgan fingerprint density at radius 2 is 2.00 bits per heavy atom. The van der Waals surface area contributed by atoms with Crippen LogP contribution >= 0.6 is 0 Å². The molecule has 1 aliphatic heterocycles. The van der Waals surface area contributed by atoms with Gasteiger partial charge in [0.05, 0.1) is 0 Å². The Labute approximate surface area is 98.7 Å². The van der Waals surface area contributed by atoms with E-state index in [4.69, 9.17) is 0 Å². The summed E-state index contributed by atoms with van der Waals surface area (Å²) >= 11 is 0. The number of anilines is 2. The van der Waals surface area contributed by atoms with Crippen LogP contribution in [-0.4, -0.2) is 19.6 Å². The second kappa shape index (κ2) is 5.24. The monoisotopic (exact) mass is 218 g/mol. The summed E-state index contributed by atoms with van der Waals surface area (Å²) in [5.74, 6) is 0. The van der Waals surface area contributed by atoms with E-state index in [2.05, 4.69) is 41.4 Å². The van der Waals surface area contributed by atoms with E-state index in [1.54, 1.807) is 0 Å². The molecule has 1 saturated heterocycles. The number of piperidine rings is 1. The van der Waals surface area contributed by atoms with E-state index >= 15 is 0 Å². The molecular weight excluding hydrogens is 196 g/mol. The minimum absolute atomic E-state index is 0.745. The Hall–Kier alpha value is -1.18. The number of hydrogen-bond acceptors (Lipinski definition) is 2.